The molecule has 21 heavy (non-hydrogen) atoms. The van der Waals surface area contributed by atoms with Crippen molar-refractivity contribution in [1.29, 1.82) is 0 Å². The minimum Gasteiger partial charge on any atom is -0.497 e. The normalized spacial score (nSPS) is 10.4. The molecule has 0 atom stereocenters. The van der Waals surface area contributed by atoms with Gasteiger partial charge in [0.05, 0.1) is 13.3 Å². The van der Waals surface area contributed by atoms with E-state index in [-0.39, 0.29) is 12.4 Å². The number of pyridine rings is 1. The molecule has 0 aliphatic rings. The highest BCUT2D eigenvalue weighted by atomic mass is 19.1. The zero-order valence-electron chi connectivity index (χ0n) is 12.2. The van der Waals surface area contributed by atoms with E-state index in [2.05, 4.69) is 10.3 Å². The molecule has 0 aliphatic carbocycles. The van der Waals surface area contributed by atoms with Gasteiger partial charge in [0, 0.05) is 29.9 Å². The van der Waals surface area contributed by atoms with Crippen molar-refractivity contribution in [3.63, 3.8) is 0 Å². The molecule has 0 aliphatic heterocycles. The summed E-state index contributed by atoms with van der Waals surface area (Å²) in [5, 5.41) is 3.26. The molecule has 2 rings (SSSR count). The van der Waals surface area contributed by atoms with Crippen LogP contribution in [0.5, 0.6) is 11.5 Å². The van der Waals surface area contributed by atoms with E-state index < -0.39 is 0 Å². The summed E-state index contributed by atoms with van der Waals surface area (Å²) >= 11 is 0. The van der Waals surface area contributed by atoms with Crippen molar-refractivity contribution >= 4 is 0 Å². The minimum atomic E-state index is -0.366. The van der Waals surface area contributed by atoms with E-state index in [1.54, 1.807) is 13.3 Å². The van der Waals surface area contributed by atoms with E-state index in [0.717, 1.165) is 23.6 Å². The third-order valence-corrected chi connectivity index (χ3v) is 3.00. The molecule has 1 aromatic heterocycles. The van der Waals surface area contributed by atoms with Crippen LogP contribution in [0.4, 0.5) is 4.39 Å². The Hall–Kier alpha value is -2.14. The zero-order valence-corrected chi connectivity index (χ0v) is 12.2. The lowest BCUT2D eigenvalue weighted by Gasteiger charge is -2.13. The summed E-state index contributed by atoms with van der Waals surface area (Å²) in [4.78, 5) is 3.81. The second-order valence-electron chi connectivity index (χ2n) is 4.55. The molecule has 1 N–H and O–H groups in total. The fourth-order valence-electron chi connectivity index (χ4n) is 1.90. The first-order valence-corrected chi connectivity index (χ1v) is 6.82. The first-order chi connectivity index (χ1) is 10.2. The van der Waals surface area contributed by atoms with Gasteiger partial charge in [0.25, 0.3) is 0 Å². The summed E-state index contributed by atoms with van der Waals surface area (Å²) in [6.07, 6.45) is 2.76. The van der Waals surface area contributed by atoms with E-state index in [1.165, 1.54) is 12.3 Å². The van der Waals surface area contributed by atoms with Crippen LogP contribution in [0.15, 0.2) is 36.7 Å². The molecule has 2 aromatic rings. The number of hydrogen-bond donors (Lipinski definition) is 1. The van der Waals surface area contributed by atoms with Crippen LogP contribution in [0.1, 0.15) is 18.1 Å². The largest absolute Gasteiger partial charge is 0.497 e. The molecule has 0 saturated heterocycles. The molecule has 0 unspecified atom stereocenters. The van der Waals surface area contributed by atoms with Crippen molar-refractivity contribution in [2.45, 2.75) is 20.1 Å². The molecular formula is C16H19FN2O2. The number of hydrogen-bond acceptors (Lipinski definition) is 4. The van der Waals surface area contributed by atoms with E-state index in [9.17, 15) is 4.39 Å². The Labute approximate surface area is 123 Å². The van der Waals surface area contributed by atoms with Crippen molar-refractivity contribution in [2.24, 2.45) is 0 Å². The van der Waals surface area contributed by atoms with Crippen molar-refractivity contribution in [3.05, 3.63) is 53.6 Å². The molecule has 5 heteroatoms. The minimum absolute atomic E-state index is 0.261. The standard InChI is InChI=1S/C16H19FN2O2/c1-3-18-9-13-4-5-15(20-2)7-16(13)21-11-12-6-14(17)10-19-8-12/h4-8,10,18H,3,9,11H2,1-2H3. The van der Waals surface area contributed by atoms with Gasteiger partial charge < -0.3 is 14.8 Å². The maximum Gasteiger partial charge on any atom is 0.141 e. The number of methoxy groups -OCH3 is 1. The van der Waals surface area contributed by atoms with E-state index >= 15 is 0 Å². The van der Waals surface area contributed by atoms with Crippen molar-refractivity contribution in [1.82, 2.24) is 10.3 Å². The highest BCUT2D eigenvalue weighted by molar-refractivity contribution is 5.40. The third-order valence-electron chi connectivity index (χ3n) is 3.00. The maximum atomic E-state index is 13.1. The highest BCUT2D eigenvalue weighted by Crippen LogP contribution is 2.25. The molecule has 0 saturated carbocycles. The lowest BCUT2D eigenvalue weighted by Crippen LogP contribution is -2.13. The number of rotatable bonds is 7. The van der Waals surface area contributed by atoms with Crippen LogP contribution < -0.4 is 14.8 Å². The molecule has 4 nitrogen and oxygen atoms in total. The highest BCUT2D eigenvalue weighted by Gasteiger charge is 2.07. The van der Waals surface area contributed by atoms with Gasteiger partial charge in [-0.15, -0.1) is 0 Å². The van der Waals surface area contributed by atoms with Gasteiger partial charge in [0.2, 0.25) is 0 Å². The van der Waals surface area contributed by atoms with E-state index in [1.807, 2.05) is 25.1 Å². The Morgan fingerprint density at radius 3 is 2.81 bits per heavy atom. The Balaban J connectivity index is 2.12. The smallest absolute Gasteiger partial charge is 0.141 e. The van der Waals surface area contributed by atoms with Gasteiger partial charge >= 0.3 is 0 Å². The van der Waals surface area contributed by atoms with Crippen LogP contribution in [-0.2, 0) is 13.2 Å². The van der Waals surface area contributed by atoms with Crippen LogP contribution in [0, 0.1) is 5.82 Å². The first kappa shape index (κ1) is 15.3. The quantitative estimate of drug-likeness (QED) is 0.851. The molecule has 0 fully saturated rings. The lowest BCUT2D eigenvalue weighted by atomic mass is 10.2. The van der Waals surface area contributed by atoms with E-state index in [4.69, 9.17) is 9.47 Å². The number of aromatic nitrogens is 1. The topological polar surface area (TPSA) is 43.4 Å². The van der Waals surface area contributed by atoms with Crippen LogP contribution in [0.2, 0.25) is 0 Å². The van der Waals surface area contributed by atoms with Crippen molar-refractivity contribution < 1.29 is 13.9 Å². The van der Waals surface area contributed by atoms with Gasteiger partial charge in [0.15, 0.2) is 0 Å². The predicted molar refractivity (Wildman–Crippen MR) is 78.9 cm³/mol. The summed E-state index contributed by atoms with van der Waals surface area (Å²) in [5.74, 6) is 1.08. The monoisotopic (exact) mass is 290 g/mol. The van der Waals surface area contributed by atoms with Gasteiger partial charge in [-0.25, -0.2) is 4.39 Å². The Kier molecular flexibility index (Phi) is 5.51. The van der Waals surface area contributed by atoms with Gasteiger partial charge in [-0.2, -0.15) is 0 Å². The molecule has 0 radical (unpaired) electrons. The Bertz CT molecular complexity index is 590. The molecule has 112 valence electrons. The Morgan fingerprint density at radius 2 is 2.10 bits per heavy atom. The van der Waals surface area contributed by atoms with Gasteiger partial charge in [-0.1, -0.05) is 13.0 Å². The third kappa shape index (κ3) is 4.43. The maximum absolute atomic E-state index is 13.1. The number of halogens is 1. The van der Waals surface area contributed by atoms with E-state index in [0.29, 0.717) is 12.1 Å². The fourth-order valence-corrected chi connectivity index (χ4v) is 1.90. The number of nitrogens with zero attached hydrogens (tertiary/aromatic N) is 1. The number of ether oxygens (including phenoxy) is 2. The van der Waals surface area contributed by atoms with Crippen LogP contribution in [0.25, 0.3) is 0 Å². The molecular weight excluding hydrogens is 271 g/mol. The first-order valence-electron chi connectivity index (χ1n) is 6.82. The molecule has 0 bridgehead atoms. The SMILES string of the molecule is CCNCc1ccc(OC)cc1OCc1cncc(F)c1. The number of benzene rings is 1. The summed E-state index contributed by atoms with van der Waals surface area (Å²) < 4.78 is 24.1. The summed E-state index contributed by atoms with van der Waals surface area (Å²) in [5.41, 5.74) is 1.72. The molecule has 0 amide bonds. The lowest BCUT2D eigenvalue weighted by molar-refractivity contribution is 0.298. The average molecular weight is 290 g/mol. The predicted octanol–water partition coefficient (Wildman–Crippen LogP) is 2.92. The van der Waals surface area contributed by atoms with Crippen molar-refractivity contribution in [3.8, 4) is 11.5 Å². The van der Waals surface area contributed by atoms with Crippen LogP contribution in [0.3, 0.4) is 0 Å². The second kappa shape index (κ2) is 7.59. The Morgan fingerprint density at radius 1 is 1.24 bits per heavy atom. The van der Waals surface area contributed by atoms with Crippen LogP contribution >= 0.6 is 0 Å². The molecule has 1 aromatic carbocycles. The summed E-state index contributed by atoms with van der Waals surface area (Å²) in [6, 6.07) is 7.10. The molecule has 0 spiro atoms. The summed E-state index contributed by atoms with van der Waals surface area (Å²) in [6.45, 7) is 3.88. The fraction of sp³-hybridized carbons (Fsp3) is 0.312. The molecule has 1 heterocycles. The van der Waals surface area contributed by atoms with Crippen molar-refractivity contribution in [2.75, 3.05) is 13.7 Å². The van der Waals surface area contributed by atoms with Gasteiger partial charge in [-0.3, -0.25) is 4.98 Å². The average Bonchev–Trinajstić information content (AvgIpc) is 2.51. The zero-order chi connectivity index (χ0) is 15.1. The van der Waals surface area contributed by atoms with Crippen LogP contribution in [-0.4, -0.2) is 18.6 Å². The van der Waals surface area contributed by atoms with Gasteiger partial charge in [-0.05, 0) is 18.7 Å². The number of nitrogens with one attached hydrogen (secondary N) is 1. The van der Waals surface area contributed by atoms with Gasteiger partial charge in [0.1, 0.15) is 23.9 Å². The second-order valence-corrected chi connectivity index (χ2v) is 4.55. The summed E-state index contributed by atoms with van der Waals surface area (Å²) in [7, 11) is 1.61.